The summed E-state index contributed by atoms with van der Waals surface area (Å²) in [6.45, 7) is 1.24. The Hall–Kier alpha value is -3.64. The highest BCUT2D eigenvalue weighted by Gasteiger charge is 2.39. The molecule has 1 aliphatic rings. The van der Waals surface area contributed by atoms with Crippen molar-refractivity contribution in [2.24, 2.45) is 0 Å². The molecule has 3 aromatic carbocycles. The van der Waals surface area contributed by atoms with Crippen LogP contribution in [0.4, 0.5) is 27.6 Å². The lowest BCUT2D eigenvalue weighted by Gasteiger charge is -2.35. The van der Waals surface area contributed by atoms with E-state index in [4.69, 9.17) is 16.3 Å². The van der Waals surface area contributed by atoms with Gasteiger partial charge in [0, 0.05) is 12.0 Å². The van der Waals surface area contributed by atoms with E-state index in [2.05, 4.69) is 4.74 Å². The van der Waals surface area contributed by atoms with Crippen molar-refractivity contribution >= 4 is 44.9 Å². The van der Waals surface area contributed by atoms with E-state index in [-0.39, 0.29) is 47.5 Å². The number of hydrogen-bond acceptors (Lipinski definition) is 5. The number of benzene rings is 3. The molecule has 0 bridgehead atoms. The number of anilines is 1. The molecule has 0 N–H and O–H groups in total. The van der Waals surface area contributed by atoms with Gasteiger partial charge >= 0.3 is 12.1 Å². The van der Waals surface area contributed by atoms with Crippen molar-refractivity contribution in [3.05, 3.63) is 87.9 Å². The second kappa shape index (κ2) is 11.7. The molecule has 13 heteroatoms. The number of rotatable bonds is 7. The Labute approximate surface area is 238 Å². The van der Waals surface area contributed by atoms with Gasteiger partial charge in [0.2, 0.25) is 0 Å². The van der Waals surface area contributed by atoms with E-state index in [9.17, 15) is 35.2 Å². The van der Waals surface area contributed by atoms with E-state index in [1.54, 1.807) is 19.1 Å². The van der Waals surface area contributed by atoms with Crippen molar-refractivity contribution in [1.29, 1.82) is 0 Å². The van der Waals surface area contributed by atoms with Gasteiger partial charge in [0.25, 0.3) is 10.0 Å². The van der Waals surface area contributed by atoms with Crippen molar-refractivity contribution in [1.82, 2.24) is 0 Å². The molecule has 0 saturated heterocycles. The first-order valence-electron chi connectivity index (χ1n) is 12.1. The highest BCUT2D eigenvalue weighted by molar-refractivity contribution is 7.92. The van der Waals surface area contributed by atoms with Crippen LogP contribution >= 0.6 is 11.6 Å². The molecule has 1 unspecified atom stereocenters. The zero-order chi connectivity index (χ0) is 30.1. The van der Waals surface area contributed by atoms with Crippen LogP contribution in [0.3, 0.4) is 0 Å². The molecule has 0 amide bonds. The van der Waals surface area contributed by atoms with Crippen LogP contribution in [-0.4, -0.2) is 34.1 Å². The van der Waals surface area contributed by atoms with E-state index in [1.165, 1.54) is 37.4 Å². The van der Waals surface area contributed by atoms with Crippen LogP contribution in [0.2, 0.25) is 5.02 Å². The maximum atomic E-state index is 14.5. The molecule has 0 spiro atoms. The summed E-state index contributed by atoms with van der Waals surface area (Å²) in [5.41, 5.74) is -0.779. The van der Waals surface area contributed by atoms with Crippen molar-refractivity contribution < 1.29 is 44.6 Å². The number of carbonyl (C=O) groups excluding carboxylic acids is 1. The summed E-state index contributed by atoms with van der Waals surface area (Å²) in [7, 11) is -3.51. The molecule has 0 aromatic heterocycles. The predicted octanol–water partition coefficient (Wildman–Crippen LogP) is 7.11. The number of carbonyl (C=O) groups is 1. The van der Waals surface area contributed by atoms with E-state index >= 15 is 0 Å². The lowest BCUT2D eigenvalue weighted by atomic mass is 10.0. The number of ether oxygens (including phenoxy) is 2. The van der Waals surface area contributed by atoms with Crippen LogP contribution in [0, 0.1) is 11.6 Å². The zero-order valence-corrected chi connectivity index (χ0v) is 23.2. The lowest BCUT2D eigenvalue weighted by Crippen LogP contribution is -2.43. The van der Waals surface area contributed by atoms with E-state index in [1.807, 2.05) is 0 Å². The third kappa shape index (κ3) is 6.48. The molecule has 3 aromatic rings. The molecule has 1 atom stereocenters. The Balaban J connectivity index is 1.81. The Kier molecular flexibility index (Phi) is 8.65. The minimum Gasteiger partial charge on any atom is -0.486 e. The second-order valence-corrected chi connectivity index (χ2v) is 11.5. The highest BCUT2D eigenvalue weighted by atomic mass is 35.5. The number of halogens is 6. The maximum Gasteiger partial charge on any atom is 0.419 e. The molecule has 218 valence electrons. The molecule has 41 heavy (non-hydrogen) atoms. The number of sulfonamides is 1. The molecule has 0 fully saturated rings. The fraction of sp³-hybridized carbons (Fsp3) is 0.250. The molecule has 0 radical (unpaired) electrons. The van der Waals surface area contributed by atoms with Gasteiger partial charge in [0.1, 0.15) is 23.5 Å². The molecule has 6 nitrogen and oxygen atoms in total. The first kappa shape index (κ1) is 30.3. The van der Waals surface area contributed by atoms with Crippen LogP contribution in [0.25, 0.3) is 11.6 Å². The van der Waals surface area contributed by atoms with Crippen LogP contribution < -0.4 is 9.04 Å². The standard InChI is InChI=1S/C28H23ClF5NO5S/c1-16(27-21(29)4-3-5-23(27)31)12-17-6-10-25-24(13-17)35(15-18(40-25)7-11-26(36)39-2)41(37,38)19-8-9-22(30)20(14-19)28(32,33)34/h3-6,8-10,12-14,18H,7,11,15H2,1-2H3. The number of methoxy groups -OCH3 is 1. The Morgan fingerprint density at radius 2 is 1.85 bits per heavy atom. The summed E-state index contributed by atoms with van der Waals surface area (Å²) in [5, 5.41) is 0.162. The minimum absolute atomic E-state index is 0.0154. The molecular formula is C28H23ClF5NO5S. The maximum absolute atomic E-state index is 14.5. The Morgan fingerprint density at radius 1 is 1.12 bits per heavy atom. The average molecular weight is 616 g/mol. The number of fused-ring (bicyclic) bond motifs is 1. The minimum atomic E-state index is -5.13. The van der Waals surface area contributed by atoms with Gasteiger partial charge < -0.3 is 9.47 Å². The topological polar surface area (TPSA) is 72.9 Å². The third-order valence-electron chi connectivity index (χ3n) is 6.38. The van der Waals surface area contributed by atoms with E-state index in [0.717, 1.165) is 10.4 Å². The largest absolute Gasteiger partial charge is 0.486 e. The first-order valence-corrected chi connectivity index (χ1v) is 13.9. The number of nitrogens with zero attached hydrogens (tertiary/aromatic N) is 1. The average Bonchev–Trinajstić information content (AvgIpc) is 2.90. The van der Waals surface area contributed by atoms with Crippen molar-refractivity contribution in [3.63, 3.8) is 0 Å². The summed E-state index contributed by atoms with van der Waals surface area (Å²) >= 11 is 6.16. The van der Waals surface area contributed by atoms with Crippen molar-refractivity contribution in [3.8, 4) is 5.75 Å². The second-order valence-electron chi connectivity index (χ2n) is 9.18. The molecule has 1 heterocycles. The van der Waals surface area contributed by atoms with Gasteiger partial charge in [-0.3, -0.25) is 9.10 Å². The smallest absolute Gasteiger partial charge is 0.419 e. The fourth-order valence-electron chi connectivity index (χ4n) is 4.38. The molecule has 0 saturated carbocycles. The Morgan fingerprint density at radius 3 is 2.51 bits per heavy atom. The first-order chi connectivity index (χ1) is 19.2. The van der Waals surface area contributed by atoms with Gasteiger partial charge in [-0.15, -0.1) is 0 Å². The number of allylic oxidation sites excluding steroid dienone is 1. The number of alkyl halides is 3. The fourth-order valence-corrected chi connectivity index (χ4v) is 6.22. The van der Waals surface area contributed by atoms with Crippen LogP contribution in [0.5, 0.6) is 5.75 Å². The summed E-state index contributed by atoms with van der Waals surface area (Å²) in [6.07, 6.45) is -4.51. The van der Waals surface area contributed by atoms with Gasteiger partial charge in [-0.1, -0.05) is 29.8 Å². The normalized spacial score (nSPS) is 15.8. The Bertz CT molecular complexity index is 1600. The van der Waals surface area contributed by atoms with Gasteiger partial charge in [0.05, 0.1) is 34.8 Å². The molecular weight excluding hydrogens is 593 g/mol. The molecule has 0 aliphatic carbocycles. The summed E-state index contributed by atoms with van der Waals surface area (Å²) in [6, 6.07) is 10.1. The highest BCUT2D eigenvalue weighted by Crippen LogP contribution is 2.41. The molecule has 4 rings (SSSR count). The zero-order valence-electron chi connectivity index (χ0n) is 21.6. The summed E-state index contributed by atoms with van der Waals surface area (Å²) in [5.74, 6) is -2.68. The van der Waals surface area contributed by atoms with Crippen LogP contribution in [0.1, 0.15) is 36.5 Å². The van der Waals surface area contributed by atoms with Gasteiger partial charge in [-0.25, -0.2) is 17.2 Å². The lowest BCUT2D eigenvalue weighted by molar-refractivity contribution is -0.141. The summed E-state index contributed by atoms with van der Waals surface area (Å²) < 4.78 is 107. The van der Waals surface area contributed by atoms with E-state index < -0.39 is 50.4 Å². The van der Waals surface area contributed by atoms with Gasteiger partial charge in [-0.2, -0.15) is 13.2 Å². The SMILES string of the molecule is COC(=O)CCC1CN(S(=O)(=O)c2ccc(F)c(C(F)(F)F)c2)c2cc(C=C(C)c3c(F)cccc3Cl)ccc2O1. The third-order valence-corrected chi connectivity index (χ3v) is 8.48. The van der Waals surface area contributed by atoms with Crippen molar-refractivity contribution in [2.75, 3.05) is 18.0 Å². The predicted molar refractivity (Wildman–Crippen MR) is 143 cm³/mol. The van der Waals surface area contributed by atoms with Crippen LogP contribution in [-0.2, 0) is 25.7 Å². The van der Waals surface area contributed by atoms with Crippen molar-refractivity contribution in [2.45, 2.75) is 36.9 Å². The number of esters is 1. The van der Waals surface area contributed by atoms with Gasteiger partial charge in [-0.05, 0) is 66.9 Å². The monoisotopic (exact) mass is 615 g/mol. The number of hydrogen-bond donors (Lipinski definition) is 0. The summed E-state index contributed by atoms with van der Waals surface area (Å²) in [4.78, 5) is 10.9. The van der Waals surface area contributed by atoms with E-state index in [0.29, 0.717) is 17.2 Å². The molecule has 1 aliphatic heterocycles. The van der Waals surface area contributed by atoms with Gasteiger partial charge in [0.15, 0.2) is 0 Å². The quantitative estimate of drug-likeness (QED) is 0.161. The van der Waals surface area contributed by atoms with Crippen LogP contribution in [0.15, 0.2) is 59.5 Å².